The predicted octanol–water partition coefficient (Wildman–Crippen LogP) is 1.86. The molecule has 1 aliphatic heterocycles. The molecule has 0 radical (unpaired) electrons. The van der Waals surface area contributed by atoms with Gasteiger partial charge in [-0.2, -0.15) is 0 Å². The molecule has 0 spiro atoms. The van der Waals surface area contributed by atoms with Gasteiger partial charge in [0.15, 0.2) is 0 Å². The summed E-state index contributed by atoms with van der Waals surface area (Å²) in [4.78, 5) is 13.8. The molecular formula is C15H20BrN5. The predicted molar refractivity (Wildman–Crippen MR) is 89.6 cm³/mol. The molecule has 1 saturated heterocycles. The largest absolute Gasteiger partial charge is 0.368 e. The third-order valence-electron chi connectivity index (χ3n) is 3.90. The third kappa shape index (κ3) is 3.33. The van der Waals surface area contributed by atoms with Gasteiger partial charge in [0.2, 0.25) is 0 Å². The number of hydrogen-bond acceptors (Lipinski definition) is 5. The standard InChI is InChI=1S/C15H20BrN5/c16-12-10-13-15(19-11-12)14(2-4-18-13)21-6-1-5-20(7-3-17)8-9-21/h2,4,10-11H,1,3,5-9,17H2. The van der Waals surface area contributed by atoms with Crippen LogP contribution in [0.5, 0.6) is 0 Å². The van der Waals surface area contributed by atoms with Gasteiger partial charge in [-0.3, -0.25) is 9.97 Å². The number of fused-ring (bicyclic) bond motifs is 1. The van der Waals surface area contributed by atoms with E-state index in [2.05, 4.69) is 41.8 Å². The smallest absolute Gasteiger partial charge is 0.112 e. The van der Waals surface area contributed by atoms with Gasteiger partial charge in [-0.05, 0) is 41.0 Å². The Morgan fingerprint density at radius 1 is 1.19 bits per heavy atom. The van der Waals surface area contributed by atoms with E-state index in [0.29, 0.717) is 0 Å². The zero-order chi connectivity index (χ0) is 14.7. The van der Waals surface area contributed by atoms with E-state index in [0.717, 1.165) is 61.2 Å². The number of nitrogens with two attached hydrogens (primary N) is 1. The van der Waals surface area contributed by atoms with Crippen molar-refractivity contribution < 1.29 is 0 Å². The van der Waals surface area contributed by atoms with Gasteiger partial charge in [0.05, 0.1) is 11.2 Å². The third-order valence-corrected chi connectivity index (χ3v) is 4.33. The topological polar surface area (TPSA) is 58.3 Å². The lowest BCUT2D eigenvalue weighted by Gasteiger charge is -2.24. The summed E-state index contributed by atoms with van der Waals surface area (Å²) in [5.41, 5.74) is 8.76. The number of hydrogen-bond donors (Lipinski definition) is 1. The first kappa shape index (κ1) is 14.7. The zero-order valence-electron chi connectivity index (χ0n) is 12.0. The van der Waals surface area contributed by atoms with E-state index in [-0.39, 0.29) is 0 Å². The molecule has 3 heterocycles. The van der Waals surface area contributed by atoms with Gasteiger partial charge in [0, 0.05) is 49.6 Å². The van der Waals surface area contributed by atoms with E-state index in [9.17, 15) is 0 Å². The Hall–Kier alpha value is -1.24. The van der Waals surface area contributed by atoms with Gasteiger partial charge in [-0.25, -0.2) is 0 Å². The molecule has 5 nitrogen and oxygen atoms in total. The van der Waals surface area contributed by atoms with Crippen LogP contribution < -0.4 is 10.6 Å². The lowest BCUT2D eigenvalue weighted by molar-refractivity contribution is 0.302. The number of halogens is 1. The Kier molecular flexibility index (Phi) is 4.67. The molecule has 21 heavy (non-hydrogen) atoms. The molecule has 0 amide bonds. The van der Waals surface area contributed by atoms with Crippen LogP contribution in [0.1, 0.15) is 6.42 Å². The number of aromatic nitrogens is 2. The molecule has 2 N–H and O–H groups in total. The molecule has 1 fully saturated rings. The molecule has 1 aliphatic rings. The summed E-state index contributed by atoms with van der Waals surface area (Å²) in [6, 6.07) is 4.09. The van der Waals surface area contributed by atoms with Gasteiger partial charge in [-0.15, -0.1) is 0 Å². The maximum absolute atomic E-state index is 5.67. The van der Waals surface area contributed by atoms with Crippen molar-refractivity contribution in [3.8, 4) is 0 Å². The van der Waals surface area contributed by atoms with Crippen molar-refractivity contribution in [2.24, 2.45) is 5.73 Å². The average molecular weight is 350 g/mol. The normalized spacial score (nSPS) is 17.1. The fourth-order valence-electron chi connectivity index (χ4n) is 2.86. The van der Waals surface area contributed by atoms with Crippen LogP contribution in [-0.4, -0.2) is 54.1 Å². The molecule has 2 aromatic rings. The first-order valence-corrected chi connectivity index (χ1v) is 8.15. The molecule has 0 unspecified atom stereocenters. The van der Waals surface area contributed by atoms with Crippen molar-refractivity contribution in [2.45, 2.75) is 6.42 Å². The Morgan fingerprint density at radius 3 is 2.95 bits per heavy atom. The molecule has 2 aromatic heterocycles. The van der Waals surface area contributed by atoms with Crippen LogP contribution in [0.4, 0.5) is 5.69 Å². The Morgan fingerprint density at radius 2 is 2.10 bits per heavy atom. The van der Waals surface area contributed by atoms with Gasteiger partial charge in [0.25, 0.3) is 0 Å². The summed E-state index contributed by atoms with van der Waals surface area (Å²) < 4.78 is 0.963. The molecular weight excluding hydrogens is 330 g/mol. The van der Waals surface area contributed by atoms with Crippen molar-refractivity contribution >= 4 is 32.7 Å². The van der Waals surface area contributed by atoms with Crippen LogP contribution in [0.3, 0.4) is 0 Å². The minimum Gasteiger partial charge on any atom is -0.368 e. The summed E-state index contributed by atoms with van der Waals surface area (Å²) in [7, 11) is 0. The van der Waals surface area contributed by atoms with E-state index < -0.39 is 0 Å². The van der Waals surface area contributed by atoms with Crippen molar-refractivity contribution in [1.29, 1.82) is 0 Å². The quantitative estimate of drug-likeness (QED) is 0.916. The number of anilines is 1. The average Bonchev–Trinajstić information content (AvgIpc) is 2.72. The van der Waals surface area contributed by atoms with Crippen LogP contribution in [0.2, 0.25) is 0 Å². The summed E-state index contributed by atoms with van der Waals surface area (Å²) >= 11 is 3.46. The molecule has 0 atom stereocenters. The molecule has 0 saturated carbocycles. The molecule has 3 rings (SSSR count). The zero-order valence-corrected chi connectivity index (χ0v) is 13.6. The molecule has 0 bridgehead atoms. The summed E-state index contributed by atoms with van der Waals surface area (Å²) in [5, 5.41) is 0. The van der Waals surface area contributed by atoms with Crippen molar-refractivity contribution in [3.63, 3.8) is 0 Å². The lowest BCUT2D eigenvalue weighted by atomic mass is 10.2. The molecule has 0 aromatic carbocycles. The van der Waals surface area contributed by atoms with Crippen LogP contribution >= 0.6 is 15.9 Å². The highest BCUT2D eigenvalue weighted by atomic mass is 79.9. The van der Waals surface area contributed by atoms with Crippen LogP contribution in [0, 0.1) is 0 Å². The Balaban J connectivity index is 1.86. The van der Waals surface area contributed by atoms with Gasteiger partial charge in [0.1, 0.15) is 5.52 Å². The number of pyridine rings is 2. The lowest BCUT2D eigenvalue weighted by Crippen LogP contribution is -2.34. The van der Waals surface area contributed by atoms with E-state index in [1.165, 1.54) is 5.69 Å². The second-order valence-corrected chi connectivity index (χ2v) is 6.24. The van der Waals surface area contributed by atoms with E-state index in [1.807, 2.05) is 18.5 Å². The SMILES string of the molecule is NCCN1CCCN(c2ccnc3cc(Br)cnc23)CC1. The first-order chi connectivity index (χ1) is 10.3. The first-order valence-electron chi connectivity index (χ1n) is 7.35. The van der Waals surface area contributed by atoms with E-state index in [1.54, 1.807) is 0 Å². The summed E-state index contributed by atoms with van der Waals surface area (Å²) in [6.45, 7) is 5.95. The molecule has 112 valence electrons. The van der Waals surface area contributed by atoms with E-state index >= 15 is 0 Å². The van der Waals surface area contributed by atoms with Gasteiger partial charge < -0.3 is 15.5 Å². The number of rotatable bonds is 3. The van der Waals surface area contributed by atoms with Gasteiger partial charge >= 0.3 is 0 Å². The highest BCUT2D eigenvalue weighted by Gasteiger charge is 2.17. The number of nitrogens with zero attached hydrogens (tertiary/aromatic N) is 4. The fourth-order valence-corrected chi connectivity index (χ4v) is 3.18. The second kappa shape index (κ2) is 6.68. The minimum absolute atomic E-state index is 0.730. The Bertz CT molecular complexity index is 618. The highest BCUT2D eigenvalue weighted by Crippen LogP contribution is 2.26. The molecule has 6 heteroatoms. The maximum Gasteiger partial charge on any atom is 0.112 e. The fraction of sp³-hybridized carbons (Fsp3) is 0.467. The summed E-state index contributed by atoms with van der Waals surface area (Å²) in [6.07, 6.45) is 4.86. The van der Waals surface area contributed by atoms with Crippen LogP contribution in [0.25, 0.3) is 11.0 Å². The summed E-state index contributed by atoms with van der Waals surface area (Å²) in [5.74, 6) is 0. The van der Waals surface area contributed by atoms with Crippen molar-refractivity contribution in [2.75, 3.05) is 44.2 Å². The minimum atomic E-state index is 0.730. The molecule has 0 aliphatic carbocycles. The maximum atomic E-state index is 5.67. The second-order valence-electron chi connectivity index (χ2n) is 5.32. The van der Waals surface area contributed by atoms with Crippen LogP contribution in [0.15, 0.2) is 29.0 Å². The Labute approximate surface area is 133 Å². The van der Waals surface area contributed by atoms with Gasteiger partial charge in [-0.1, -0.05) is 0 Å². The van der Waals surface area contributed by atoms with Crippen molar-refractivity contribution in [3.05, 3.63) is 29.0 Å². The van der Waals surface area contributed by atoms with Crippen LogP contribution in [-0.2, 0) is 0 Å². The van der Waals surface area contributed by atoms with Crippen molar-refractivity contribution in [1.82, 2.24) is 14.9 Å². The monoisotopic (exact) mass is 349 g/mol. The highest BCUT2D eigenvalue weighted by molar-refractivity contribution is 9.10. The van der Waals surface area contributed by atoms with E-state index in [4.69, 9.17) is 5.73 Å².